The van der Waals surface area contributed by atoms with Crippen LogP contribution in [0.3, 0.4) is 0 Å². The number of thiophene rings is 1. The number of nitrogens with zero attached hydrogens (tertiary/aromatic N) is 4. The van der Waals surface area contributed by atoms with E-state index in [0.29, 0.717) is 35.5 Å². The molecular formula is C17H11Cl2N5O2S3. The van der Waals surface area contributed by atoms with Gasteiger partial charge in [0.1, 0.15) is 11.4 Å². The summed E-state index contributed by atoms with van der Waals surface area (Å²) < 4.78 is 1.93. The van der Waals surface area contributed by atoms with Gasteiger partial charge < -0.3 is 0 Å². The molecular weight excluding hydrogens is 473 g/mol. The highest BCUT2D eigenvalue weighted by Gasteiger charge is 2.13. The van der Waals surface area contributed by atoms with E-state index in [-0.39, 0.29) is 18.0 Å². The molecule has 0 aliphatic rings. The zero-order valence-corrected chi connectivity index (χ0v) is 18.4. The Bertz CT molecular complexity index is 1230. The first-order valence-electron chi connectivity index (χ1n) is 8.13. The summed E-state index contributed by atoms with van der Waals surface area (Å²) in [5, 5.41) is 14.5. The predicted molar refractivity (Wildman–Crippen MR) is 118 cm³/mol. The number of anilines is 1. The monoisotopic (exact) mass is 483 g/mol. The molecule has 1 aromatic carbocycles. The Morgan fingerprint density at radius 3 is 2.79 bits per heavy atom. The van der Waals surface area contributed by atoms with Gasteiger partial charge in [0.25, 0.3) is 5.56 Å². The van der Waals surface area contributed by atoms with Crippen molar-refractivity contribution in [1.82, 2.24) is 19.7 Å². The molecule has 3 aromatic heterocycles. The Balaban J connectivity index is 1.39. The number of aromatic nitrogens is 4. The maximum absolute atomic E-state index is 12.4. The molecule has 0 saturated heterocycles. The molecule has 4 rings (SSSR count). The average Bonchev–Trinajstić information content (AvgIpc) is 3.33. The molecule has 0 fully saturated rings. The van der Waals surface area contributed by atoms with E-state index in [4.69, 9.17) is 23.2 Å². The van der Waals surface area contributed by atoms with Gasteiger partial charge in [-0.15, -0.1) is 21.5 Å². The standard InChI is InChI=1S/C17H11Cl2N5O2S3/c18-11-2-1-3-12(19)10(11)7-28-17-23-22-16(29-17)21-13(25)6-24-8-20-14-9(15(24)26)4-5-27-14/h1-5,8H,6-7H2,(H,21,22,25). The lowest BCUT2D eigenvalue weighted by Crippen LogP contribution is -2.27. The van der Waals surface area contributed by atoms with E-state index in [9.17, 15) is 9.59 Å². The summed E-state index contributed by atoms with van der Waals surface area (Å²) in [5.74, 6) is 0.147. The van der Waals surface area contributed by atoms with Crippen LogP contribution in [0.25, 0.3) is 10.2 Å². The van der Waals surface area contributed by atoms with Crippen LogP contribution in [0.1, 0.15) is 5.56 Å². The van der Waals surface area contributed by atoms with Gasteiger partial charge in [0.05, 0.1) is 11.7 Å². The fraction of sp³-hybridized carbons (Fsp3) is 0.118. The SMILES string of the molecule is O=C(Cn1cnc2sccc2c1=O)Nc1nnc(SCc2c(Cl)cccc2Cl)s1. The van der Waals surface area contributed by atoms with Crippen molar-refractivity contribution in [2.75, 3.05) is 5.32 Å². The van der Waals surface area contributed by atoms with Gasteiger partial charge in [0, 0.05) is 15.8 Å². The van der Waals surface area contributed by atoms with E-state index < -0.39 is 0 Å². The number of rotatable bonds is 6. The third-order valence-electron chi connectivity index (χ3n) is 3.82. The van der Waals surface area contributed by atoms with E-state index in [1.807, 2.05) is 0 Å². The quantitative estimate of drug-likeness (QED) is 0.319. The first-order valence-corrected chi connectivity index (χ1v) is 11.6. The Kier molecular flexibility index (Phi) is 6.16. The maximum atomic E-state index is 12.4. The van der Waals surface area contributed by atoms with Crippen LogP contribution in [0.5, 0.6) is 0 Å². The molecule has 7 nitrogen and oxygen atoms in total. The molecule has 0 radical (unpaired) electrons. The molecule has 0 bridgehead atoms. The molecule has 0 saturated carbocycles. The molecule has 12 heteroatoms. The third-order valence-corrected chi connectivity index (χ3v) is 7.35. The van der Waals surface area contributed by atoms with Gasteiger partial charge in [0.15, 0.2) is 4.34 Å². The summed E-state index contributed by atoms with van der Waals surface area (Å²) in [6.07, 6.45) is 1.37. The van der Waals surface area contributed by atoms with Crippen LogP contribution >= 0.6 is 57.6 Å². The van der Waals surface area contributed by atoms with Crippen molar-refractivity contribution in [1.29, 1.82) is 0 Å². The van der Waals surface area contributed by atoms with Gasteiger partial charge in [-0.25, -0.2) is 4.98 Å². The van der Waals surface area contributed by atoms with Gasteiger partial charge >= 0.3 is 0 Å². The zero-order valence-electron chi connectivity index (χ0n) is 14.5. The number of amides is 1. The van der Waals surface area contributed by atoms with Crippen LogP contribution < -0.4 is 10.9 Å². The Labute approximate surface area is 186 Å². The van der Waals surface area contributed by atoms with Gasteiger partial charge in [-0.3, -0.25) is 19.5 Å². The largest absolute Gasteiger partial charge is 0.299 e. The smallest absolute Gasteiger partial charge is 0.262 e. The van der Waals surface area contributed by atoms with Crippen molar-refractivity contribution in [3.63, 3.8) is 0 Å². The lowest BCUT2D eigenvalue weighted by Gasteiger charge is -2.05. The van der Waals surface area contributed by atoms with Crippen LogP contribution in [-0.2, 0) is 17.1 Å². The fourth-order valence-electron chi connectivity index (χ4n) is 2.44. The molecule has 0 atom stereocenters. The fourth-order valence-corrected chi connectivity index (χ4v) is 5.68. The lowest BCUT2D eigenvalue weighted by atomic mass is 10.2. The highest BCUT2D eigenvalue weighted by molar-refractivity contribution is 8.00. The number of nitrogens with one attached hydrogen (secondary N) is 1. The lowest BCUT2D eigenvalue weighted by molar-refractivity contribution is -0.116. The number of carbonyl (C=O) groups is 1. The number of carbonyl (C=O) groups excluding carboxylic acids is 1. The number of benzene rings is 1. The molecule has 0 unspecified atom stereocenters. The molecule has 1 amide bonds. The van der Waals surface area contributed by atoms with Gasteiger partial charge in [-0.05, 0) is 29.1 Å². The van der Waals surface area contributed by atoms with Crippen LogP contribution in [-0.4, -0.2) is 25.7 Å². The normalized spacial score (nSPS) is 11.1. The second kappa shape index (κ2) is 8.80. The third kappa shape index (κ3) is 4.62. The highest BCUT2D eigenvalue weighted by Crippen LogP contribution is 2.33. The first kappa shape index (κ1) is 20.3. The van der Waals surface area contributed by atoms with Crippen molar-refractivity contribution in [2.45, 2.75) is 16.6 Å². The van der Waals surface area contributed by atoms with Crippen LogP contribution in [0, 0.1) is 0 Å². The van der Waals surface area contributed by atoms with Crippen molar-refractivity contribution < 1.29 is 4.79 Å². The number of hydrogen-bond donors (Lipinski definition) is 1. The van der Waals surface area contributed by atoms with E-state index in [0.717, 1.165) is 5.56 Å². The van der Waals surface area contributed by atoms with Crippen molar-refractivity contribution in [2.24, 2.45) is 0 Å². The van der Waals surface area contributed by atoms with E-state index in [2.05, 4.69) is 20.5 Å². The number of thioether (sulfide) groups is 1. The van der Waals surface area contributed by atoms with Crippen molar-refractivity contribution in [3.05, 3.63) is 61.9 Å². The molecule has 148 valence electrons. The molecule has 1 N–H and O–H groups in total. The van der Waals surface area contributed by atoms with Crippen LogP contribution in [0.4, 0.5) is 5.13 Å². The molecule has 0 aliphatic carbocycles. The summed E-state index contributed by atoms with van der Waals surface area (Å²) in [4.78, 5) is 29.5. The van der Waals surface area contributed by atoms with Crippen LogP contribution in [0.15, 0.2) is 45.1 Å². The van der Waals surface area contributed by atoms with E-state index in [1.54, 1.807) is 29.6 Å². The zero-order chi connectivity index (χ0) is 20.4. The van der Waals surface area contributed by atoms with E-state index in [1.165, 1.54) is 45.3 Å². The van der Waals surface area contributed by atoms with E-state index >= 15 is 0 Å². The maximum Gasteiger partial charge on any atom is 0.262 e. The highest BCUT2D eigenvalue weighted by atomic mass is 35.5. The Hall–Kier alpha value is -1.98. The van der Waals surface area contributed by atoms with Crippen molar-refractivity contribution >= 4 is 78.9 Å². The Morgan fingerprint density at radius 2 is 2.00 bits per heavy atom. The number of hydrogen-bond acceptors (Lipinski definition) is 8. The minimum Gasteiger partial charge on any atom is -0.299 e. The minimum absolute atomic E-state index is 0.158. The second-order valence-corrected chi connectivity index (χ2v) is 9.64. The number of halogens is 2. The predicted octanol–water partition coefficient (Wildman–Crippen LogP) is 4.55. The summed E-state index contributed by atoms with van der Waals surface area (Å²) >= 11 is 16.4. The molecule has 0 spiro atoms. The topological polar surface area (TPSA) is 89.8 Å². The minimum atomic E-state index is -0.384. The van der Waals surface area contributed by atoms with Gasteiger partial charge in [-0.1, -0.05) is 52.4 Å². The Morgan fingerprint density at radius 1 is 1.21 bits per heavy atom. The van der Waals surface area contributed by atoms with Gasteiger partial charge in [-0.2, -0.15) is 0 Å². The molecule has 0 aliphatic heterocycles. The molecule has 3 heterocycles. The summed E-state index contributed by atoms with van der Waals surface area (Å²) in [7, 11) is 0. The average molecular weight is 484 g/mol. The summed E-state index contributed by atoms with van der Waals surface area (Å²) in [5.41, 5.74) is 0.564. The molecule has 4 aromatic rings. The molecule has 29 heavy (non-hydrogen) atoms. The summed E-state index contributed by atoms with van der Waals surface area (Å²) in [6, 6.07) is 7.04. The summed E-state index contributed by atoms with van der Waals surface area (Å²) in [6.45, 7) is -0.158. The second-order valence-electron chi connectivity index (χ2n) is 5.73. The van der Waals surface area contributed by atoms with Crippen molar-refractivity contribution in [3.8, 4) is 0 Å². The van der Waals surface area contributed by atoms with Crippen LogP contribution in [0.2, 0.25) is 10.0 Å². The first-order chi connectivity index (χ1) is 14.0. The van der Waals surface area contributed by atoms with Gasteiger partial charge in [0.2, 0.25) is 11.0 Å². The number of fused-ring (bicyclic) bond motifs is 1.